The summed E-state index contributed by atoms with van der Waals surface area (Å²) in [6.07, 6.45) is -1.37. The number of nitrogens with zero attached hydrogens (tertiary/aromatic N) is 5. The molecule has 1 saturated heterocycles. The van der Waals surface area contributed by atoms with Gasteiger partial charge in [-0.1, -0.05) is 6.07 Å². The molecule has 3 heterocycles. The lowest BCUT2D eigenvalue weighted by Crippen LogP contribution is -2.34. The van der Waals surface area contributed by atoms with E-state index in [0.717, 1.165) is 42.9 Å². The van der Waals surface area contributed by atoms with Gasteiger partial charge in [0.15, 0.2) is 0 Å². The van der Waals surface area contributed by atoms with Crippen molar-refractivity contribution in [3.63, 3.8) is 0 Å². The molecule has 1 fully saturated rings. The van der Waals surface area contributed by atoms with Crippen LogP contribution in [0.15, 0.2) is 30.6 Å². The summed E-state index contributed by atoms with van der Waals surface area (Å²) >= 11 is 0. The van der Waals surface area contributed by atoms with Crippen molar-refractivity contribution in [2.24, 2.45) is 0 Å². The SMILES string of the molecule is Cc1cc(C2CCCN(Cc3ccc(F)c(C(F)(F)F)c3)C2)n2ncnc2n1. The summed E-state index contributed by atoms with van der Waals surface area (Å²) in [7, 11) is 0. The highest BCUT2D eigenvalue weighted by atomic mass is 19.4. The number of likely N-dealkylation sites (tertiary alicyclic amines) is 1. The summed E-state index contributed by atoms with van der Waals surface area (Å²) in [5.41, 5.74) is 1.08. The first-order valence-electron chi connectivity index (χ1n) is 9.06. The average molecular weight is 393 g/mol. The fraction of sp³-hybridized carbons (Fsp3) is 0.421. The number of fused-ring (bicyclic) bond motifs is 1. The summed E-state index contributed by atoms with van der Waals surface area (Å²) < 4.78 is 54.2. The van der Waals surface area contributed by atoms with Crippen LogP contribution in [0.25, 0.3) is 5.78 Å². The maximum Gasteiger partial charge on any atom is 0.419 e. The van der Waals surface area contributed by atoms with Crippen molar-refractivity contribution in [3.8, 4) is 0 Å². The van der Waals surface area contributed by atoms with Crippen LogP contribution < -0.4 is 0 Å². The third-order valence-electron chi connectivity index (χ3n) is 5.07. The van der Waals surface area contributed by atoms with E-state index in [1.54, 1.807) is 4.52 Å². The van der Waals surface area contributed by atoms with Crippen molar-refractivity contribution in [2.45, 2.75) is 38.4 Å². The summed E-state index contributed by atoms with van der Waals surface area (Å²) in [5, 5.41) is 4.25. The number of halogens is 4. The molecule has 28 heavy (non-hydrogen) atoms. The molecule has 0 N–H and O–H groups in total. The predicted molar refractivity (Wildman–Crippen MR) is 94.2 cm³/mol. The smallest absolute Gasteiger partial charge is 0.298 e. The highest BCUT2D eigenvalue weighted by molar-refractivity contribution is 5.32. The minimum Gasteiger partial charge on any atom is -0.298 e. The summed E-state index contributed by atoms with van der Waals surface area (Å²) in [4.78, 5) is 10.6. The van der Waals surface area contributed by atoms with E-state index in [0.29, 0.717) is 24.4 Å². The monoisotopic (exact) mass is 393 g/mol. The van der Waals surface area contributed by atoms with Crippen LogP contribution in [0, 0.1) is 12.7 Å². The van der Waals surface area contributed by atoms with E-state index in [1.165, 1.54) is 12.4 Å². The molecule has 0 radical (unpaired) electrons. The largest absolute Gasteiger partial charge is 0.419 e. The third kappa shape index (κ3) is 3.71. The molecule has 0 amide bonds. The fourth-order valence-corrected chi connectivity index (χ4v) is 3.84. The van der Waals surface area contributed by atoms with Crippen molar-refractivity contribution in [1.29, 1.82) is 0 Å². The van der Waals surface area contributed by atoms with Gasteiger partial charge in [-0.25, -0.2) is 13.9 Å². The van der Waals surface area contributed by atoms with Gasteiger partial charge in [-0.05, 0) is 50.1 Å². The molecule has 4 rings (SSSR count). The molecule has 9 heteroatoms. The van der Waals surface area contributed by atoms with E-state index in [9.17, 15) is 17.6 Å². The lowest BCUT2D eigenvalue weighted by atomic mass is 9.93. The van der Waals surface area contributed by atoms with Crippen molar-refractivity contribution in [3.05, 3.63) is 58.9 Å². The van der Waals surface area contributed by atoms with Gasteiger partial charge < -0.3 is 0 Å². The molecule has 1 aliphatic rings. The van der Waals surface area contributed by atoms with E-state index < -0.39 is 17.6 Å². The molecular formula is C19H19F4N5. The third-order valence-corrected chi connectivity index (χ3v) is 5.07. The lowest BCUT2D eigenvalue weighted by Gasteiger charge is -2.33. The van der Waals surface area contributed by atoms with Gasteiger partial charge in [0, 0.05) is 24.7 Å². The van der Waals surface area contributed by atoms with Crippen LogP contribution in [0.5, 0.6) is 0 Å². The van der Waals surface area contributed by atoms with E-state index in [2.05, 4.69) is 20.0 Å². The molecule has 0 saturated carbocycles. The molecule has 1 atom stereocenters. The Labute approximate surface area is 159 Å². The van der Waals surface area contributed by atoms with Gasteiger partial charge in [0.25, 0.3) is 5.78 Å². The van der Waals surface area contributed by atoms with Crippen LogP contribution in [-0.2, 0) is 12.7 Å². The second-order valence-corrected chi connectivity index (χ2v) is 7.18. The Kier molecular flexibility index (Phi) is 4.78. The van der Waals surface area contributed by atoms with Crippen molar-refractivity contribution < 1.29 is 17.6 Å². The number of aromatic nitrogens is 4. The van der Waals surface area contributed by atoms with E-state index >= 15 is 0 Å². The zero-order chi connectivity index (χ0) is 19.9. The summed E-state index contributed by atoms with van der Waals surface area (Å²) in [6, 6.07) is 5.20. The minimum absolute atomic E-state index is 0.169. The maximum atomic E-state index is 13.5. The first kappa shape index (κ1) is 18.8. The lowest BCUT2D eigenvalue weighted by molar-refractivity contribution is -0.140. The molecule has 2 aromatic heterocycles. The second kappa shape index (κ2) is 7.12. The zero-order valence-corrected chi connectivity index (χ0v) is 15.2. The van der Waals surface area contributed by atoms with Gasteiger partial charge in [-0.3, -0.25) is 4.90 Å². The number of rotatable bonds is 3. The zero-order valence-electron chi connectivity index (χ0n) is 15.2. The molecule has 0 bridgehead atoms. The first-order chi connectivity index (χ1) is 13.3. The normalized spacial score (nSPS) is 18.7. The van der Waals surface area contributed by atoms with Crippen molar-refractivity contribution in [1.82, 2.24) is 24.5 Å². The highest BCUT2D eigenvalue weighted by Gasteiger charge is 2.34. The summed E-state index contributed by atoms with van der Waals surface area (Å²) in [5.74, 6) is -0.531. The maximum absolute atomic E-state index is 13.5. The number of hydrogen-bond acceptors (Lipinski definition) is 4. The number of aryl methyl sites for hydroxylation is 1. The van der Waals surface area contributed by atoms with Crippen LogP contribution in [0.1, 0.15) is 41.3 Å². The Morgan fingerprint density at radius 1 is 1.21 bits per heavy atom. The molecule has 148 valence electrons. The summed E-state index contributed by atoms with van der Waals surface area (Å²) in [6.45, 7) is 3.69. The number of benzene rings is 1. The van der Waals surface area contributed by atoms with Crippen LogP contribution in [0.3, 0.4) is 0 Å². The van der Waals surface area contributed by atoms with Gasteiger partial charge in [-0.15, -0.1) is 0 Å². The average Bonchev–Trinajstić information content (AvgIpc) is 3.10. The van der Waals surface area contributed by atoms with E-state index in [4.69, 9.17) is 0 Å². The Morgan fingerprint density at radius 2 is 2.04 bits per heavy atom. The van der Waals surface area contributed by atoms with Crippen molar-refractivity contribution >= 4 is 5.78 Å². The quantitative estimate of drug-likeness (QED) is 0.632. The number of hydrogen-bond donors (Lipinski definition) is 0. The van der Waals surface area contributed by atoms with Crippen LogP contribution in [0.4, 0.5) is 17.6 Å². The predicted octanol–water partition coefficient (Wildman–Crippen LogP) is 3.97. The first-order valence-corrected chi connectivity index (χ1v) is 9.06. The van der Waals surface area contributed by atoms with Crippen LogP contribution in [0.2, 0.25) is 0 Å². The Morgan fingerprint density at radius 3 is 2.82 bits per heavy atom. The molecule has 0 spiro atoms. The van der Waals surface area contributed by atoms with Crippen LogP contribution >= 0.6 is 0 Å². The fourth-order valence-electron chi connectivity index (χ4n) is 3.84. The molecule has 1 unspecified atom stereocenters. The van der Waals surface area contributed by atoms with Gasteiger partial charge >= 0.3 is 6.18 Å². The van der Waals surface area contributed by atoms with Gasteiger partial charge in [0.1, 0.15) is 12.1 Å². The van der Waals surface area contributed by atoms with Crippen molar-refractivity contribution in [2.75, 3.05) is 13.1 Å². The minimum atomic E-state index is -4.70. The van der Waals surface area contributed by atoms with Gasteiger partial charge in [0.2, 0.25) is 0 Å². The molecule has 0 aliphatic carbocycles. The van der Waals surface area contributed by atoms with E-state index in [1.807, 2.05) is 13.0 Å². The number of alkyl halides is 3. The topological polar surface area (TPSA) is 46.3 Å². The molecule has 3 aromatic rings. The van der Waals surface area contributed by atoms with Gasteiger partial charge in [-0.2, -0.15) is 23.3 Å². The Bertz CT molecular complexity index is 998. The second-order valence-electron chi connectivity index (χ2n) is 7.18. The molecular weight excluding hydrogens is 374 g/mol. The standard InChI is InChI=1S/C19H19F4N5/c1-12-7-17(28-18(26-12)24-11-25-28)14-3-2-6-27(10-14)9-13-4-5-16(20)15(8-13)19(21,22)23/h4-5,7-8,11,14H,2-3,6,9-10H2,1H3. The highest BCUT2D eigenvalue weighted by Crippen LogP contribution is 2.33. The Balaban J connectivity index is 1.56. The van der Waals surface area contributed by atoms with Gasteiger partial charge in [0.05, 0.1) is 11.3 Å². The van der Waals surface area contributed by atoms with Crippen LogP contribution in [-0.4, -0.2) is 37.6 Å². The number of piperidine rings is 1. The molecule has 1 aliphatic heterocycles. The molecule has 5 nitrogen and oxygen atoms in total. The Hall–Kier alpha value is -2.55. The van der Waals surface area contributed by atoms with E-state index in [-0.39, 0.29) is 5.92 Å². The molecule has 1 aromatic carbocycles.